The van der Waals surface area contributed by atoms with Crippen LogP contribution in [0.1, 0.15) is 38.7 Å². The molecule has 0 saturated carbocycles. The maximum atomic E-state index is 11.6. The molecule has 1 aromatic carbocycles. The summed E-state index contributed by atoms with van der Waals surface area (Å²) >= 11 is 0. The van der Waals surface area contributed by atoms with Crippen LogP contribution >= 0.6 is 0 Å². The molecule has 0 aromatic heterocycles. The highest BCUT2D eigenvalue weighted by Crippen LogP contribution is 2.08. The number of anilines is 1. The van der Waals surface area contributed by atoms with Gasteiger partial charge in [0.25, 0.3) is 0 Å². The van der Waals surface area contributed by atoms with Crippen LogP contribution < -0.4 is 11.1 Å². The van der Waals surface area contributed by atoms with Crippen molar-refractivity contribution in [2.24, 2.45) is 5.92 Å². The highest BCUT2D eigenvalue weighted by molar-refractivity contribution is 5.76. The number of nitrogen functional groups attached to an aromatic ring is 1. The zero-order valence-electron chi connectivity index (χ0n) is 11.4. The normalized spacial score (nSPS) is 10.6. The molecule has 0 radical (unpaired) electrons. The summed E-state index contributed by atoms with van der Waals surface area (Å²) in [5.41, 5.74) is 7.56. The SMILES string of the molecule is CC(C)CCCNC(=O)CCc1cccc(N)c1. The Morgan fingerprint density at radius 1 is 1.39 bits per heavy atom. The number of hydrogen-bond acceptors (Lipinski definition) is 2. The van der Waals surface area contributed by atoms with Crippen LogP contribution in [-0.2, 0) is 11.2 Å². The van der Waals surface area contributed by atoms with Crippen LogP contribution in [0.4, 0.5) is 5.69 Å². The molecule has 1 aromatic rings. The van der Waals surface area contributed by atoms with Crippen molar-refractivity contribution in [1.29, 1.82) is 0 Å². The maximum absolute atomic E-state index is 11.6. The van der Waals surface area contributed by atoms with E-state index in [1.54, 1.807) is 0 Å². The largest absolute Gasteiger partial charge is 0.399 e. The second-order valence-corrected chi connectivity index (χ2v) is 5.13. The molecular formula is C15H24N2O. The number of aryl methyl sites for hydroxylation is 1. The fourth-order valence-electron chi connectivity index (χ4n) is 1.83. The Labute approximate surface area is 110 Å². The van der Waals surface area contributed by atoms with E-state index in [-0.39, 0.29) is 5.91 Å². The first-order valence-corrected chi connectivity index (χ1v) is 6.69. The van der Waals surface area contributed by atoms with E-state index in [1.807, 2.05) is 24.3 Å². The molecule has 0 aliphatic heterocycles. The molecule has 3 heteroatoms. The van der Waals surface area contributed by atoms with Gasteiger partial charge in [-0.25, -0.2) is 0 Å². The number of rotatable bonds is 7. The first kappa shape index (κ1) is 14.6. The third-order valence-electron chi connectivity index (χ3n) is 2.87. The second kappa shape index (κ2) is 7.75. The van der Waals surface area contributed by atoms with E-state index in [4.69, 9.17) is 5.73 Å². The van der Waals surface area contributed by atoms with E-state index in [1.165, 1.54) is 0 Å². The first-order chi connectivity index (χ1) is 8.58. The molecule has 0 fully saturated rings. The number of carbonyl (C=O) groups is 1. The van der Waals surface area contributed by atoms with Crippen molar-refractivity contribution in [3.8, 4) is 0 Å². The van der Waals surface area contributed by atoms with Crippen LogP contribution in [0.2, 0.25) is 0 Å². The molecule has 0 aliphatic rings. The van der Waals surface area contributed by atoms with Gasteiger partial charge in [0.05, 0.1) is 0 Å². The van der Waals surface area contributed by atoms with Gasteiger partial charge in [-0.15, -0.1) is 0 Å². The number of hydrogen-bond donors (Lipinski definition) is 2. The summed E-state index contributed by atoms with van der Waals surface area (Å²) in [6, 6.07) is 7.70. The number of carbonyl (C=O) groups excluding carboxylic acids is 1. The number of nitrogens with two attached hydrogens (primary N) is 1. The lowest BCUT2D eigenvalue weighted by Crippen LogP contribution is -2.24. The average Bonchev–Trinajstić information content (AvgIpc) is 2.32. The van der Waals surface area contributed by atoms with Crippen LogP contribution in [0.25, 0.3) is 0 Å². The zero-order valence-corrected chi connectivity index (χ0v) is 11.4. The van der Waals surface area contributed by atoms with Crippen molar-refractivity contribution in [3.05, 3.63) is 29.8 Å². The third-order valence-corrected chi connectivity index (χ3v) is 2.87. The second-order valence-electron chi connectivity index (χ2n) is 5.13. The van der Waals surface area contributed by atoms with Crippen molar-refractivity contribution in [2.75, 3.05) is 12.3 Å². The molecule has 18 heavy (non-hydrogen) atoms. The Balaban J connectivity index is 2.17. The van der Waals surface area contributed by atoms with Crippen LogP contribution in [0, 0.1) is 5.92 Å². The summed E-state index contributed by atoms with van der Waals surface area (Å²) in [4.78, 5) is 11.6. The lowest BCUT2D eigenvalue weighted by atomic mass is 10.1. The van der Waals surface area contributed by atoms with E-state index in [0.29, 0.717) is 12.3 Å². The Hall–Kier alpha value is -1.51. The van der Waals surface area contributed by atoms with Gasteiger partial charge in [-0.2, -0.15) is 0 Å². The van der Waals surface area contributed by atoms with Gasteiger partial charge in [-0.1, -0.05) is 26.0 Å². The zero-order chi connectivity index (χ0) is 13.4. The molecule has 0 heterocycles. The lowest BCUT2D eigenvalue weighted by Gasteiger charge is -2.07. The van der Waals surface area contributed by atoms with Gasteiger partial charge in [-0.3, -0.25) is 4.79 Å². The molecule has 1 amide bonds. The molecule has 0 unspecified atom stereocenters. The number of amides is 1. The summed E-state index contributed by atoms with van der Waals surface area (Å²) in [6.45, 7) is 5.18. The Kier molecular flexibility index (Phi) is 6.26. The van der Waals surface area contributed by atoms with Crippen LogP contribution in [-0.4, -0.2) is 12.5 Å². The molecule has 100 valence electrons. The Bertz CT molecular complexity index is 375. The van der Waals surface area contributed by atoms with Gasteiger partial charge in [0.1, 0.15) is 0 Å². The minimum Gasteiger partial charge on any atom is -0.399 e. The lowest BCUT2D eigenvalue weighted by molar-refractivity contribution is -0.121. The van der Waals surface area contributed by atoms with Crippen molar-refractivity contribution in [2.45, 2.75) is 39.5 Å². The number of nitrogens with one attached hydrogen (secondary N) is 1. The highest BCUT2D eigenvalue weighted by Gasteiger charge is 2.02. The van der Waals surface area contributed by atoms with Gasteiger partial charge in [-0.05, 0) is 42.9 Å². The molecule has 0 atom stereocenters. The first-order valence-electron chi connectivity index (χ1n) is 6.69. The van der Waals surface area contributed by atoms with Gasteiger partial charge in [0.15, 0.2) is 0 Å². The van der Waals surface area contributed by atoms with Crippen molar-refractivity contribution in [3.63, 3.8) is 0 Å². The minimum absolute atomic E-state index is 0.126. The summed E-state index contributed by atoms with van der Waals surface area (Å²) in [6.07, 6.45) is 3.50. The van der Waals surface area contributed by atoms with E-state index >= 15 is 0 Å². The van der Waals surface area contributed by atoms with Gasteiger partial charge in [0.2, 0.25) is 5.91 Å². The topological polar surface area (TPSA) is 55.1 Å². The summed E-state index contributed by atoms with van der Waals surface area (Å²) in [5.74, 6) is 0.829. The predicted molar refractivity (Wildman–Crippen MR) is 76.3 cm³/mol. The molecule has 0 spiro atoms. The van der Waals surface area contributed by atoms with Crippen molar-refractivity contribution >= 4 is 11.6 Å². The molecule has 0 saturated heterocycles. The molecule has 0 bridgehead atoms. The molecule has 3 N–H and O–H groups in total. The van der Waals surface area contributed by atoms with E-state index < -0.39 is 0 Å². The molecule has 3 nitrogen and oxygen atoms in total. The van der Waals surface area contributed by atoms with E-state index in [2.05, 4.69) is 19.2 Å². The summed E-state index contributed by atoms with van der Waals surface area (Å²) < 4.78 is 0. The van der Waals surface area contributed by atoms with Crippen LogP contribution in [0.5, 0.6) is 0 Å². The van der Waals surface area contributed by atoms with E-state index in [0.717, 1.165) is 37.1 Å². The Morgan fingerprint density at radius 2 is 2.17 bits per heavy atom. The van der Waals surface area contributed by atoms with Gasteiger partial charge < -0.3 is 11.1 Å². The quantitative estimate of drug-likeness (QED) is 0.576. The predicted octanol–water partition coefficient (Wildman–Crippen LogP) is 2.75. The van der Waals surface area contributed by atoms with Crippen LogP contribution in [0.3, 0.4) is 0 Å². The molecule has 0 aliphatic carbocycles. The maximum Gasteiger partial charge on any atom is 0.220 e. The minimum atomic E-state index is 0.126. The summed E-state index contributed by atoms with van der Waals surface area (Å²) in [5, 5.41) is 2.95. The smallest absolute Gasteiger partial charge is 0.220 e. The molecular weight excluding hydrogens is 224 g/mol. The van der Waals surface area contributed by atoms with Gasteiger partial charge in [0, 0.05) is 18.7 Å². The molecule has 1 rings (SSSR count). The van der Waals surface area contributed by atoms with E-state index in [9.17, 15) is 4.79 Å². The van der Waals surface area contributed by atoms with Crippen molar-refractivity contribution in [1.82, 2.24) is 5.32 Å². The standard InChI is InChI=1S/C15H24N2O/c1-12(2)5-4-10-17-15(18)9-8-13-6-3-7-14(16)11-13/h3,6-7,11-12H,4-5,8-10,16H2,1-2H3,(H,17,18). The monoisotopic (exact) mass is 248 g/mol. The summed E-state index contributed by atoms with van der Waals surface area (Å²) in [7, 11) is 0. The number of benzene rings is 1. The fraction of sp³-hybridized carbons (Fsp3) is 0.533. The third kappa shape index (κ3) is 6.28. The fourth-order valence-corrected chi connectivity index (χ4v) is 1.83. The van der Waals surface area contributed by atoms with Gasteiger partial charge >= 0.3 is 0 Å². The highest BCUT2D eigenvalue weighted by atomic mass is 16.1. The Morgan fingerprint density at radius 3 is 2.83 bits per heavy atom. The van der Waals surface area contributed by atoms with Crippen LogP contribution in [0.15, 0.2) is 24.3 Å². The average molecular weight is 248 g/mol. The van der Waals surface area contributed by atoms with Crippen molar-refractivity contribution < 1.29 is 4.79 Å².